The van der Waals surface area contributed by atoms with Crippen LogP contribution < -0.4 is 14.8 Å². The Bertz CT molecular complexity index is 795. The molecular weight excluding hydrogens is 368 g/mol. The van der Waals surface area contributed by atoms with Crippen LogP contribution in [0.1, 0.15) is 19.4 Å². The monoisotopic (exact) mass is 390 g/mol. The summed E-state index contributed by atoms with van der Waals surface area (Å²) >= 11 is 1.25. The lowest BCUT2D eigenvalue weighted by molar-refractivity contribution is -0.134. The summed E-state index contributed by atoms with van der Waals surface area (Å²) in [7, 11) is 1.58. The van der Waals surface area contributed by atoms with Gasteiger partial charge in [-0.1, -0.05) is 24.1 Å². The van der Waals surface area contributed by atoms with E-state index in [4.69, 9.17) is 4.74 Å². The molecule has 4 amide bonds. The number of urea groups is 1. The third kappa shape index (κ3) is 3.93. The van der Waals surface area contributed by atoms with E-state index in [1.165, 1.54) is 21.7 Å². The zero-order valence-corrected chi connectivity index (χ0v) is 16.2. The molecule has 1 saturated heterocycles. The molecule has 1 aromatic carbocycles. The van der Waals surface area contributed by atoms with Crippen molar-refractivity contribution >= 4 is 29.8 Å². The van der Waals surface area contributed by atoms with Crippen LogP contribution in [0.3, 0.4) is 0 Å². The SMILES string of the molecule is COc1cccc(CNC(=O)CN2C(=O)N(C(C)C)C(=O)C3NSC=C32)c1. The smallest absolute Gasteiger partial charge is 0.331 e. The lowest BCUT2D eigenvalue weighted by Crippen LogP contribution is -2.62. The van der Waals surface area contributed by atoms with Gasteiger partial charge in [-0.25, -0.2) is 9.52 Å². The van der Waals surface area contributed by atoms with E-state index in [2.05, 4.69) is 10.0 Å². The molecule has 0 saturated carbocycles. The first-order chi connectivity index (χ1) is 12.9. The van der Waals surface area contributed by atoms with Crippen molar-refractivity contribution in [3.05, 3.63) is 40.9 Å². The Labute approximate surface area is 162 Å². The first-order valence-electron chi connectivity index (χ1n) is 8.57. The predicted molar refractivity (Wildman–Crippen MR) is 102 cm³/mol. The lowest BCUT2D eigenvalue weighted by Gasteiger charge is -2.39. The number of nitrogens with zero attached hydrogens (tertiary/aromatic N) is 2. The molecule has 1 fully saturated rings. The van der Waals surface area contributed by atoms with Crippen molar-refractivity contribution in [2.75, 3.05) is 13.7 Å². The van der Waals surface area contributed by atoms with Crippen LogP contribution in [0.2, 0.25) is 0 Å². The van der Waals surface area contributed by atoms with Crippen molar-refractivity contribution in [3.8, 4) is 5.75 Å². The van der Waals surface area contributed by atoms with Crippen LogP contribution in [-0.4, -0.2) is 53.4 Å². The predicted octanol–water partition coefficient (Wildman–Crippen LogP) is 1.45. The van der Waals surface area contributed by atoms with Crippen LogP contribution in [0.4, 0.5) is 4.79 Å². The number of methoxy groups -OCH3 is 1. The fourth-order valence-electron chi connectivity index (χ4n) is 2.98. The molecule has 2 aliphatic heterocycles. The third-order valence-electron chi connectivity index (χ3n) is 4.34. The molecule has 9 heteroatoms. The molecule has 1 aromatic rings. The Hall–Kier alpha value is -2.52. The van der Waals surface area contributed by atoms with E-state index in [1.54, 1.807) is 26.4 Å². The maximum absolute atomic E-state index is 12.8. The number of amides is 4. The van der Waals surface area contributed by atoms with Crippen molar-refractivity contribution in [3.63, 3.8) is 0 Å². The van der Waals surface area contributed by atoms with Crippen molar-refractivity contribution in [1.82, 2.24) is 19.8 Å². The second kappa shape index (κ2) is 8.01. The van der Waals surface area contributed by atoms with E-state index in [1.807, 2.05) is 24.3 Å². The molecule has 27 heavy (non-hydrogen) atoms. The van der Waals surface area contributed by atoms with Crippen LogP contribution in [0.25, 0.3) is 0 Å². The van der Waals surface area contributed by atoms with Crippen molar-refractivity contribution in [2.45, 2.75) is 32.5 Å². The largest absolute Gasteiger partial charge is 0.497 e. The summed E-state index contributed by atoms with van der Waals surface area (Å²) in [5.41, 5.74) is 1.41. The van der Waals surface area contributed by atoms with Gasteiger partial charge in [-0.2, -0.15) is 0 Å². The highest BCUT2D eigenvalue weighted by Gasteiger charge is 2.46. The van der Waals surface area contributed by atoms with Gasteiger partial charge in [0.2, 0.25) is 5.91 Å². The van der Waals surface area contributed by atoms with Gasteiger partial charge in [-0.05, 0) is 31.5 Å². The summed E-state index contributed by atoms with van der Waals surface area (Å²) in [5.74, 6) is 0.112. The first-order valence-corrected chi connectivity index (χ1v) is 9.45. The minimum Gasteiger partial charge on any atom is -0.497 e. The Morgan fingerprint density at radius 2 is 2.15 bits per heavy atom. The third-order valence-corrected chi connectivity index (χ3v) is 5.07. The standard InChI is InChI=1S/C18H22N4O4S/c1-11(2)22-17(24)16-14(10-27-20-16)21(18(22)25)9-15(23)19-8-12-5-4-6-13(7-12)26-3/h4-7,10-11,16,20H,8-9H2,1-3H3,(H,19,23). The number of hydrogen-bond donors (Lipinski definition) is 2. The molecular formula is C18H22N4O4S. The zero-order chi connectivity index (χ0) is 19.6. The van der Waals surface area contributed by atoms with Gasteiger partial charge >= 0.3 is 6.03 Å². The average Bonchev–Trinajstić information content (AvgIpc) is 3.13. The molecule has 0 spiro atoms. The Morgan fingerprint density at radius 1 is 1.37 bits per heavy atom. The molecule has 2 aliphatic rings. The second-order valence-electron chi connectivity index (χ2n) is 6.51. The van der Waals surface area contributed by atoms with E-state index in [0.29, 0.717) is 18.0 Å². The van der Waals surface area contributed by atoms with E-state index >= 15 is 0 Å². The number of carbonyl (C=O) groups is 3. The fraction of sp³-hybridized carbons (Fsp3) is 0.389. The molecule has 0 bridgehead atoms. The van der Waals surface area contributed by atoms with Gasteiger partial charge in [0.05, 0.1) is 12.8 Å². The maximum Gasteiger partial charge on any atom is 0.331 e. The number of carbonyl (C=O) groups excluding carboxylic acids is 3. The Morgan fingerprint density at radius 3 is 2.85 bits per heavy atom. The minimum absolute atomic E-state index is 0.149. The summed E-state index contributed by atoms with van der Waals surface area (Å²) in [6.45, 7) is 3.71. The number of benzene rings is 1. The van der Waals surface area contributed by atoms with Crippen LogP contribution in [0.15, 0.2) is 35.4 Å². The molecule has 1 unspecified atom stereocenters. The molecule has 0 radical (unpaired) electrons. The van der Waals surface area contributed by atoms with Gasteiger partial charge in [0.25, 0.3) is 5.91 Å². The van der Waals surface area contributed by atoms with Crippen LogP contribution in [0.5, 0.6) is 5.75 Å². The van der Waals surface area contributed by atoms with Gasteiger partial charge in [0, 0.05) is 18.0 Å². The van der Waals surface area contributed by atoms with E-state index in [0.717, 1.165) is 5.56 Å². The average molecular weight is 390 g/mol. The van der Waals surface area contributed by atoms with Crippen molar-refractivity contribution in [1.29, 1.82) is 0 Å². The Kier molecular flexibility index (Phi) is 5.71. The van der Waals surface area contributed by atoms with E-state index in [-0.39, 0.29) is 24.4 Å². The van der Waals surface area contributed by atoms with E-state index < -0.39 is 12.1 Å². The van der Waals surface area contributed by atoms with Crippen LogP contribution in [-0.2, 0) is 16.1 Å². The molecule has 2 N–H and O–H groups in total. The molecule has 8 nitrogen and oxygen atoms in total. The molecule has 144 valence electrons. The minimum atomic E-state index is -0.610. The highest BCUT2D eigenvalue weighted by atomic mass is 32.2. The molecule has 0 aliphatic carbocycles. The van der Waals surface area contributed by atoms with Crippen LogP contribution >= 0.6 is 11.9 Å². The second-order valence-corrected chi connectivity index (χ2v) is 7.22. The number of ether oxygens (including phenoxy) is 1. The van der Waals surface area contributed by atoms with Gasteiger partial charge in [-0.15, -0.1) is 0 Å². The summed E-state index contributed by atoms with van der Waals surface area (Å²) in [6, 6.07) is 6.01. The topological polar surface area (TPSA) is 91.0 Å². The molecule has 3 rings (SSSR count). The summed E-state index contributed by atoms with van der Waals surface area (Å²) in [4.78, 5) is 40.3. The zero-order valence-electron chi connectivity index (χ0n) is 15.4. The summed E-state index contributed by atoms with van der Waals surface area (Å²) in [6.07, 6.45) is 0. The Balaban J connectivity index is 1.68. The number of imide groups is 1. The summed E-state index contributed by atoms with van der Waals surface area (Å²) in [5, 5.41) is 4.51. The van der Waals surface area contributed by atoms with Gasteiger partial charge in [0.15, 0.2) is 0 Å². The fourth-order valence-corrected chi connectivity index (χ4v) is 3.79. The number of rotatable bonds is 6. The maximum atomic E-state index is 12.8. The quantitative estimate of drug-likeness (QED) is 0.715. The van der Waals surface area contributed by atoms with Crippen molar-refractivity contribution in [2.24, 2.45) is 0 Å². The first kappa shape index (κ1) is 19.2. The van der Waals surface area contributed by atoms with E-state index in [9.17, 15) is 14.4 Å². The summed E-state index contributed by atoms with van der Waals surface area (Å²) < 4.78 is 8.15. The normalized spacial score (nSPS) is 19.3. The molecule has 0 aromatic heterocycles. The van der Waals surface area contributed by atoms with Gasteiger partial charge < -0.3 is 10.1 Å². The highest BCUT2D eigenvalue weighted by Crippen LogP contribution is 2.30. The van der Waals surface area contributed by atoms with Gasteiger partial charge in [-0.3, -0.25) is 19.4 Å². The van der Waals surface area contributed by atoms with Crippen LogP contribution in [0, 0.1) is 0 Å². The molecule has 1 atom stereocenters. The molecule has 2 heterocycles. The lowest BCUT2D eigenvalue weighted by atomic mass is 10.1. The highest BCUT2D eigenvalue weighted by molar-refractivity contribution is 8.00. The van der Waals surface area contributed by atoms with Gasteiger partial charge in [0.1, 0.15) is 18.3 Å². The number of nitrogens with one attached hydrogen (secondary N) is 2. The number of hydrogen-bond acceptors (Lipinski definition) is 6. The number of fused-ring (bicyclic) bond motifs is 1. The van der Waals surface area contributed by atoms with Crippen molar-refractivity contribution < 1.29 is 19.1 Å².